The molecule has 0 spiro atoms. The lowest BCUT2D eigenvalue weighted by Gasteiger charge is -2.31. The Hall–Kier alpha value is -0.940. The number of aryl methyl sites for hydroxylation is 1. The minimum atomic E-state index is 0.730. The van der Waals surface area contributed by atoms with E-state index in [1.807, 2.05) is 0 Å². The van der Waals surface area contributed by atoms with Gasteiger partial charge in [0.1, 0.15) is 11.6 Å². The zero-order valence-corrected chi connectivity index (χ0v) is 11.0. The van der Waals surface area contributed by atoms with Crippen LogP contribution in [0.1, 0.15) is 37.3 Å². The van der Waals surface area contributed by atoms with Crippen LogP contribution in [0.5, 0.6) is 0 Å². The second kappa shape index (κ2) is 5.36. The van der Waals surface area contributed by atoms with Gasteiger partial charge in [0, 0.05) is 13.0 Å². The summed E-state index contributed by atoms with van der Waals surface area (Å²) in [7, 11) is 0. The van der Waals surface area contributed by atoms with Crippen LogP contribution in [0, 0.1) is 5.92 Å². The summed E-state index contributed by atoms with van der Waals surface area (Å²) in [6.45, 7) is 5.23. The van der Waals surface area contributed by atoms with Gasteiger partial charge in [0.2, 0.25) is 0 Å². The van der Waals surface area contributed by atoms with Crippen LogP contribution in [0.2, 0.25) is 0 Å². The smallest absolute Gasteiger partial charge is 0.147 e. The first-order chi connectivity index (χ1) is 8.86. The Kier molecular flexibility index (Phi) is 3.61. The third kappa shape index (κ3) is 2.42. The maximum atomic E-state index is 5.73. The quantitative estimate of drug-likeness (QED) is 0.860. The van der Waals surface area contributed by atoms with Crippen molar-refractivity contribution in [2.75, 3.05) is 19.6 Å². The second-order valence-electron chi connectivity index (χ2n) is 5.60. The van der Waals surface area contributed by atoms with Gasteiger partial charge in [-0.3, -0.25) is 4.90 Å². The summed E-state index contributed by atoms with van der Waals surface area (Å²) in [6.07, 6.45) is 6.10. The van der Waals surface area contributed by atoms with Crippen LogP contribution in [-0.2, 0) is 19.5 Å². The predicted octanol–water partition coefficient (Wildman–Crippen LogP) is 0.785. The van der Waals surface area contributed by atoms with Crippen molar-refractivity contribution in [3.05, 3.63) is 11.6 Å². The third-order valence-electron chi connectivity index (χ3n) is 4.34. The van der Waals surface area contributed by atoms with E-state index in [1.165, 1.54) is 31.5 Å². The van der Waals surface area contributed by atoms with Crippen molar-refractivity contribution in [1.82, 2.24) is 19.7 Å². The van der Waals surface area contributed by atoms with Gasteiger partial charge in [-0.25, -0.2) is 0 Å². The van der Waals surface area contributed by atoms with Crippen molar-refractivity contribution in [2.45, 2.75) is 45.2 Å². The van der Waals surface area contributed by atoms with Crippen molar-refractivity contribution in [3.8, 4) is 0 Å². The zero-order chi connectivity index (χ0) is 12.4. The van der Waals surface area contributed by atoms with E-state index in [9.17, 15) is 0 Å². The molecule has 3 rings (SSSR count). The fourth-order valence-corrected chi connectivity index (χ4v) is 3.07. The standard InChI is InChI=1S/C13H23N5/c14-9-11-4-7-17(8-5-11)10-13-16-15-12-3-1-2-6-18(12)13/h11H,1-10,14H2. The maximum absolute atomic E-state index is 5.73. The Balaban J connectivity index is 1.61. The lowest BCUT2D eigenvalue weighted by Crippen LogP contribution is -2.36. The summed E-state index contributed by atoms with van der Waals surface area (Å²) >= 11 is 0. The summed E-state index contributed by atoms with van der Waals surface area (Å²) in [6, 6.07) is 0. The lowest BCUT2D eigenvalue weighted by atomic mass is 9.97. The van der Waals surface area contributed by atoms with Gasteiger partial charge < -0.3 is 10.3 Å². The van der Waals surface area contributed by atoms with Crippen molar-refractivity contribution >= 4 is 0 Å². The van der Waals surface area contributed by atoms with Crippen LogP contribution in [0.4, 0.5) is 0 Å². The van der Waals surface area contributed by atoms with Gasteiger partial charge >= 0.3 is 0 Å². The summed E-state index contributed by atoms with van der Waals surface area (Å²) in [5.41, 5.74) is 5.73. The highest BCUT2D eigenvalue weighted by Crippen LogP contribution is 2.19. The molecule has 5 nitrogen and oxygen atoms in total. The van der Waals surface area contributed by atoms with Crippen molar-refractivity contribution in [3.63, 3.8) is 0 Å². The largest absolute Gasteiger partial charge is 0.330 e. The average molecular weight is 249 g/mol. The molecule has 18 heavy (non-hydrogen) atoms. The monoisotopic (exact) mass is 249 g/mol. The molecule has 0 saturated carbocycles. The van der Waals surface area contributed by atoms with E-state index in [-0.39, 0.29) is 0 Å². The fraction of sp³-hybridized carbons (Fsp3) is 0.846. The van der Waals surface area contributed by atoms with Crippen LogP contribution >= 0.6 is 0 Å². The number of piperidine rings is 1. The number of hydrogen-bond acceptors (Lipinski definition) is 4. The lowest BCUT2D eigenvalue weighted by molar-refractivity contribution is 0.174. The predicted molar refractivity (Wildman–Crippen MR) is 70.0 cm³/mol. The van der Waals surface area contributed by atoms with Crippen LogP contribution in [-0.4, -0.2) is 39.3 Å². The number of fused-ring (bicyclic) bond motifs is 1. The minimum absolute atomic E-state index is 0.730. The Morgan fingerprint density at radius 3 is 2.72 bits per heavy atom. The molecule has 2 aliphatic rings. The van der Waals surface area contributed by atoms with Crippen LogP contribution < -0.4 is 5.73 Å². The molecular formula is C13H23N5. The Morgan fingerprint density at radius 1 is 1.11 bits per heavy atom. The molecule has 1 aromatic heterocycles. The SMILES string of the molecule is NCC1CCN(Cc2nnc3n2CCCC3)CC1. The molecular weight excluding hydrogens is 226 g/mol. The van der Waals surface area contributed by atoms with Crippen LogP contribution in [0.3, 0.4) is 0 Å². The molecule has 5 heteroatoms. The maximum Gasteiger partial charge on any atom is 0.147 e. The molecule has 0 unspecified atom stereocenters. The Bertz CT molecular complexity index is 392. The number of aromatic nitrogens is 3. The summed E-state index contributed by atoms with van der Waals surface area (Å²) in [5, 5.41) is 8.70. The zero-order valence-electron chi connectivity index (χ0n) is 11.0. The molecule has 1 fully saturated rings. The Morgan fingerprint density at radius 2 is 1.94 bits per heavy atom. The van der Waals surface area contributed by atoms with Crippen molar-refractivity contribution < 1.29 is 0 Å². The van der Waals surface area contributed by atoms with E-state index >= 15 is 0 Å². The van der Waals surface area contributed by atoms with Gasteiger partial charge in [-0.2, -0.15) is 0 Å². The van der Waals surface area contributed by atoms with E-state index in [0.29, 0.717) is 0 Å². The average Bonchev–Trinajstić information content (AvgIpc) is 2.83. The van der Waals surface area contributed by atoms with E-state index in [4.69, 9.17) is 5.73 Å². The topological polar surface area (TPSA) is 60.0 Å². The van der Waals surface area contributed by atoms with Crippen molar-refractivity contribution in [2.24, 2.45) is 11.7 Å². The van der Waals surface area contributed by atoms with E-state index in [0.717, 1.165) is 50.9 Å². The van der Waals surface area contributed by atoms with Crippen LogP contribution in [0.25, 0.3) is 0 Å². The highest BCUT2D eigenvalue weighted by Gasteiger charge is 2.21. The highest BCUT2D eigenvalue weighted by atomic mass is 15.3. The molecule has 1 saturated heterocycles. The van der Waals surface area contributed by atoms with Gasteiger partial charge in [0.15, 0.2) is 0 Å². The number of nitrogens with zero attached hydrogens (tertiary/aromatic N) is 4. The highest BCUT2D eigenvalue weighted by molar-refractivity contribution is 4.99. The molecule has 2 N–H and O–H groups in total. The van der Waals surface area contributed by atoms with Crippen LogP contribution in [0.15, 0.2) is 0 Å². The first kappa shape index (κ1) is 12.1. The first-order valence-electron chi connectivity index (χ1n) is 7.20. The number of hydrogen-bond donors (Lipinski definition) is 1. The second-order valence-corrected chi connectivity index (χ2v) is 5.60. The molecule has 0 atom stereocenters. The van der Waals surface area contributed by atoms with Gasteiger partial charge in [-0.15, -0.1) is 10.2 Å². The molecule has 3 heterocycles. The van der Waals surface area contributed by atoms with E-state index in [1.54, 1.807) is 0 Å². The third-order valence-corrected chi connectivity index (χ3v) is 4.34. The summed E-state index contributed by atoms with van der Waals surface area (Å²) in [4.78, 5) is 2.50. The number of rotatable bonds is 3. The molecule has 0 aromatic carbocycles. The van der Waals surface area contributed by atoms with E-state index in [2.05, 4.69) is 19.7 Å². The molecule has 0 aliphatic carbocycles. The first-order valence-corrected chi connectivity index (χ1v) is 7.20. The molecule has 0 radical (unpaired) electrons. The van der Waals surface area contributed by atoms with Gasteiger partial charge in [-0.05, 0) is 51.2 Å². The van der Waals surface area contributed by atoms with Gasteiger partial charge in [0.05, 0.1) is 6.54 Å². The van der Waals surface area contributed by atoms with Crippen molar-refractivity contribution in [1.29, 1.82) is 0 Å². The van der Waals surface area contributed by atoms with Gasteiger partial charge in [0.25, 0.3) is 0 Å². The Labute approximate surface area is 108 Å². The molecule has 1 aromatic rings. The van der Waals surface area contributed by atoms with Gasteiger partial charge in [-0.1, -0.05) is 0 Å². The molecule has 2 aliphatic heterocycles. The number of likely N-dealkylation sites (tertiary alicyclic amines) is 1. The molecule has 100 valence electrons. The van der Waals surface area contributed by atoms with E-state index < -0.39 is 0 Å². The molecule has 0 amide bonds. The summed E-state index contributed by atoms with van der Waals surface area (Å²) in [5.74, 6) is 3.08. The molecule has 0 bridgehead atoms. The fourth-order valence-electron chi connectivity index (χ4n) is 3.07. The summed E-state index contributed by atoms with van der Waals surface area (Å²) < 4.78 is 2.33. The normalized spacial score (nSPS) is 22.1. The number of nitrogens with two attached hydrogens (primary N) is 1. The minimum Gasteiger partial charge on any atom is -0.330 e.